The van der Waals surface area contributed by atoms with Crippen LogP contribution in [0.2, 0.25) is 0 Å². The van der Waals surface area contributed by atoms with Crippen molar-refractivity contribution in [2.24, 2.45) is 5.92 Å². The molecule has 3 aromatic rings. The second kappa shape index (κ2) is 13.9. The van der Waals surface area contributed by atoms with Crippen molar-refractivity contribution in [1.82, 2.24) is 9.80 Å². The molecule has 5 rings (SSSR count). The molecule has 0 N–H and O–H groups in total. The summed E-state index contributed by atoms with van der Waals surface area (Å²) < 4.78 is 24.3. The maximum atomic E-state index is 13.9. The third-order valence-electron chi connectivity index (χ3n) is 8.06. The van der Waals surface area contributed by atoms with Gasteiger partial charge in [0, 0.05) is 49.8 Å². The minimum atomic E-state index is -0.338. The van der Waals surface area contributed by atoms with Gasteiger partial charge in [-0.1, -0.05) is 24.3 Å². The molecular weight excluding hydrogens is 521 g/mol. The van der Waals surface area contributed by atoms with E-state index in [0.717, 1.165) is 64.5 Å². The zero-order valence-electron chi connectivity index (χ0n) is 23.6. The molecule has 1 amide bonds. The Morgan fingerprint density at radius 1 is 0.878 bits per heavy atom. The van der Waals surface area contributed by atoms with Crippen LogP contribution in [-0.2, 0) is 11.3 Å². The van der Waals surface area contributed by atoms with Crippen LogP contribution in [0.4, 0.5) is 10.1 Å². The molecule has 2 saturated heterocycles. The van der Waals surface area contributed by atoms with Crippen LogP contribution in [-0.4, -0.2) is 81.1 Å². The lowest BCUT2D eigenvalue weighted by atomic mass is 9.89. The summed E-state index contributed by atoms with van der Waals surface area (Å²) >= 11 is 0. The number of ketones is 1. The summed E-state index contributed by atoms with van der Waals surface area (Å²) in [5.74, 6) is 0.240. The second-order valence-electron chi connectivity index (χ2n) is 10.7. The lowest BCUT2D eigenvalue weighted by Crippen LogP contribution is -2.43. The van der Waals surface area contributed by atoms with E-state index in [-0.39, 0.29) is 23.4 Å². The number of Topliss-reactive ketones (excluding diaryl/α,β-unsaturated/α-hetero) is 1. The number of anilines is 1. The van der Waals surface area contributed by atoms with Gasteiger partial charge in [-0.2, -0.15) is 0 Å². The van der Waals surface area contributed by atoms with E-state index in [4.69, 9.17) is 9.47 Å². The van der Waals surface area contributed by atoms with Gasteiger partial charge in [0.05, 0.1) is 26.0 Å². The third-order valence-corrected chi connectivity index (χ3v) is 8.06. The van der Waals surface area contributed by atoms with Crippen LogP contribution in [0.1, 0.15) is 39.1 Å². The van der Waals surface area contributed by atoms with Crippen molar-refractivity contribution < 1.29 is 23.5 Å². The van der Waals surface area contributed by atoms with Crippen LogP contribution < -0.4 is 9.64 Å². The minimum absolute atomic E-state index is 0.0698. The molecule has 0 aliphatic carbocycles. The third kappa shape index (κ3) is 7.38. The summed E-state index contributed by atoms with van der Waals surface area (Å²) in [6, 6.07) is 21.3. The number of hydrogen-bond donors (Lipinski definition) is 0. The number of morpholine rings is 1. The molecule has 0 radical (unpaired) electrons. The summed E-state index contributed by atoms with van der Waals surface area (Å²) in [6.45, 7) is 6.89. The van der Waals surface area contributed by atoms with E-state index in [1.54, 1.807) is 24.1 Å². The Labute approximate surface area is 241 Å². The highest BCUT2D eigenvalue weighted by Gasteiger charge is 2.27. The summed E-state index contributed by atoms with van der Waals surface area (Å²) in [4.78, 5) is 33.2. The fourth-order valence-electron chi connectivity index (χ4n) is 5.62. The monoisotopic (exact) mass is 559 g/mol. The van der Waals surface area contributed by atoms with Gasteiger partial charge < -0.3 is 19.3 Å². The molecule has 2 aliphatic rings. The molecule has 216 valence electrons. The fraction of sp³-hybridized carbons (Fsp3) is 0.394. The van der Waals surface area contributed by atoms with Gasteiger partial charge in [0.2, 0.25) is 0 Å². The number of para-hydroxylation sites is 2. The fourth-order valence-corrected chi connectivity index (χ4v) is 5.62. The van der Waals surface area contributed by atoms with Crippen molar-refractivity contribution in [2.75, 3.05) is 64.5 Å². The van der Waals surface area contributed by atoms with E-state index in [0.29, 0.717) is 30.0 Å². The maximum Gasteiger partial charge on any atom is 0.258 e. The Bertz CT molecular complexity index is 1300. The SMILES string of the molecule is COc1ccccc1N(CCN1CCC(C(=O)c2ccc(F)cc2)CC1)C(=O)c1ccc(CN2CCOCC2)cc1. The standard InChI is InChI=1S/C33H38FN3O4/c1-40-31-5-3-2-4-30(31)37(33(39)28-8-6-25(7-9-28)24-36-20-22-41-23-21-36)19-18-35-16-14-27(15-17-35)32(38)26-10-12-29(34)13-11-26/h2-13,27H,14-24H2,1H3. The molecular formula is C33H38FN3O4. The minimum Gasteiger partial charge on any atom is -0.495 e. The molecule has 0 unspecified atom stereocenters. The van der Waals surface area contributed by atoms with Gasteiger partial charge in [-0.05, 0) is 80.0 Å². The van der Waals surface area contributed by atoms with E-state index in [1.165, 1.54) is 17.7 Å². The smallest absolute Gasteiger partial charge is 0.258 e. The average molecular weight is 560 g/mol. The highest BCUT2D eigenvalue weighted by molar-refractivity contribution is 6.07. The Morgan fingerprint density at radius 3 is 2.22 bits per heavy atom. The molecule has 0 atom stereocenters. The van der Waals surface area contributed by atoms with Gasteiger partial charge in [0.1, 0.15) is 11.6 Å². The molecule has 0 bridgehead atoms. The number of likely N-dealkylation sites (tertiary alicyclic amines) is 1. The summed E-state index contributed by atoms with van der Waals surface area (Å²) in [5, 5.41) is 0. The number of halogens is 1. The molecule has 0 saturated carbocycles. The van der Waals surface area contributed by atoms with Gasteiger partial charge in [-0.15, -0.1) is 0 Å². The number of carbonyl (C=O) groups excluding carboxylic acids is 2. The molecule has 2 aliphatic heterocycles. The largest absolute Gasteiger partial charge is 0.495 e. The Morgan fingerprint density at radius 2 is 1.54 bits per heavy atom. The molecule has 2 fully saturated rings. The lowest BCUT2D eigenvalue weighted by Gasteiger charge is -2.33. The van der Waals surface area contributed by atoms with Crippen LogP contribution in [0.15, 0.2) is 72.8 Å². The predicted octanol–water partition coefficient (Wildman–Crippen LogP) is 4.91. The van der Waals surface area contributed by atoms with Crippen molar-refractivity contribution >= 4 is 17.4 Å². The van der Waals surface area contributed by atoms with Crippen molar-refractivity contribution in [3.63, 3.8) is 0 Å². The highest BCUT2D eigenvalue weighted by atomic mass is 19.1. The van der Waals surface area contributed by atoms with Gasteiger partial charge >= 0.3 is 0 Å². The average Bonchev–Trinajstić information content (AvgIpc) is 3.02. The number of nitrogens with zero attached hydrogens (tertiary/aromatic N) is 3. The van der Waals surface area contributed by atoms with Crippen molar-refractivity contribution in [1.29, 1.82) is 0 Å². The van der Waals surface area contributed by atoms with Crippen LogP contribution in [0.5, 0.6) is 5.75 Å². The van der Waals surface area contributed by atoms with Gasteiger partial charge in [0.25, 0.3) is 5.91 Å². The number of methoxy groups -OCH3 is 1. The molecule has 41 heavy (non-hydrogen) atoms. The Balaban J connectivity index is 1.23. The number of piperidine rings is 1. The predicted molar refractivity (Wildman–Crippen MR) is 157 cm³/mol. The van der Waals surface area contributed by atoms with Crippen LogP contribution in [0.25, 0.3) is 0 Å². The van der Waals surface area contributed by atoms with Gasteiger partial charge in [-0.25, -0.2) is 4.39 Å². The first-order valence-corrected chi connectivity index (χ1v) is 14.4. The number of ether oxygens (including phenoxy) is 2. The zero-order valence-corrected chi connectivity index (χ0v) is 23.6. The number of rotatable bonds is 10. The summed E-state index contributed by atoms with van der Waals surface area (Å²) in [5.41, 5.74) is 3.10. The number of amides is 1. The lowest BCUT2D eigenvalue weighted by molar-refractivity contribution is 0.0342. The van der Waals surface area contributed by atoms with E-state index in [2.05, 4.69) is 9.80 Å². The number of hydrogen-bond acceptors (Lipinski definition) is 6. The molecule has 0 spiro atoms. The summed E-state index contributed by atoms with van der Waals surface area (Å²) in [6.07, 6.45) is 1.48. The van der Waals surface area contributed by atoms with Crippen LogP contribution in [0.3, 0.4) is 0 Å². The maximum absolute atomic E-state index is 13.9. The first kappa shape index (κ1) is 28.9. The van der Waals surface area contributed by atoms with E-state index in [9.17, 15) is 14.0 Å². The van der Waals surface area contributed by atoms with E-state index >= 15 is 0 Å². The first-order chi connectivity index (χ1) is 20.0. The van der Waals surface area contributed by atoms with Crippen LogP contribution >= 0.6 is 0 Å². The molecule has 7 nitrogen and oxygen atoms in total. The molecule has 0 aromatic heterocycles. The Kier molecular flexibility index (Phi) is 9.77. The van der Waals surface area contributed by atoms with Crippen molar-refractivity contribution in [2.45, 2.75) is 19.4 Å². The van der Waals surface area contributed by atoms with Crippen molar-refractivity contribution in [3.8, 4) is 5.75 Å². The Hall–Kier alpha value is -3.59. The molecule has 2 heterocycles. The number of carbonyl (C=O) groups is 2. The molecule has 3 aromatic carbocycles. The first-order valence-electron chi connectivity index (χ1n) is 14.4. The van der Waals surface area contributed by atoms with E-state index in [1.807, 2.05) is 48.5 Å². The summed E-state index contributed by atoms with van der Waals surface area (Å²) in [7, 11) is 1.62. The van der Waals surface area contributed by atoms with Crippen LogP contribution in [0, 0.1) is 11.7 Å². The van der Waals surface area contributed by atoms with E-state index < -0.39 is 0 Å². The normalized spacial score (nSPS) is 16.8. The van der Waals surface area contributed by atoms with Gasteiger partial charge in [0.15, 0.2) is 5.78 Å². The molecule has 8 heteroatoms. The quantitative estimate of drug-likeness (QED) is 0.329. The van der Waals surface area contributed by atoms with Gasteiger partial charge in [-0.3, -0.25) is 14.5 Å². The zero-order chi connectivity index (χ0) is 28.6. The second-order valence-corrected chi connectivity index (χ2v) is 10.7. The van der Waals surface area contributed by atoms with Crippen molar-refractivity contribution in [3.05, 3.63) is 95.3 Å². The number of benzene rings is 3. The topological polar surface area (TPSA) is 62.3 Å². The highest BCUT2D eigenvalue weighted by Crippen LogP contribution is 2.30.